The lowest BCUT2D eigenvalue weighted by atomic mass is 10.1. The molecular weight excluding hydrogens is 590 g/mol. The molecule has 0 radical (unpaired) electrons. The fourth-order valence-corrected chi connectivity index (χ4v) is 6.10. The molecule has 12 heteroatoms. The van der Waals surface area contributed by atoms with Crippen molar-refractivity contribution in [3.05, 3.63) is 69.8 Å². The van der Waals surface area contributed by atoms with Gasteiger partial charge in [-0.1, -0.05) is 37.6 Å². The Hall–Kier alpha value is -4.27. The van der Waals surface area contributed by atoms with Crippen molar-refractivity contribution < 1.29 is 23.8 Å². The van der Waals surface area contributed by atoms with Gasteiger partial charge in [0.1, 0.15) is 39.9 Å². The Labute approximate surface area is 258 Å². The lowest BCUT2D eigenvalue weighted by Gasteiger charge is -2.32. The van der Waals surface area contributed by atoms with Gasteiger partial charge in [0.05, 0.1) is 34.3 Å². The summed E-state index contributed by atoms with van der Waals surface area (Å²) >= 11 is 7.98. The van der Waals surface area contributed by atoms with Crippen molar-refractivity contribution in [3.8, 4) is 22.6 Å². The fraction of sp³-hybridized carbons (Fsp3) is 0.355. The maximum Gasteiger partial charge on any atom is 0.409 e. The molecule has 0 spiro atoms. The molecule has 1 saturated heterocycles. The third-order valence-electron chi connectivity index (χ3n) is 7.09. The smallest absolute Gasteiger partial charge is 0.409 e. The summed E-state index contributed by atoms with van der Waals surface area (Å²) in [5.41, 5.74) is 8.33. The van der Waals surface area contributed by atoms with E-state index in [1.165, 1.54) is 11.3 Å². The Morgan fingerprint density at radius 2 is 1.93 bits per heavy atom. The standard InChI is InChI=1S/C31H32ClN5O5S/c1-18(2)16-40-31(39)36-11-9-21(10-12-36)42-25-6-4-5-22(28(25)32)19(3)41-26-14-27(43-29(26)30(34)38)37-17-35-23-8-7-20(15-33)13-24(23)37/h4-8,13-14,17-19,21H,9-12,16H2,1-3H3,(H2,34,38)/t19-/m1/s1. The quantitative estimate of drug-likeness (QED) is 0.226. The zero-order valence-electron chi connectivity index (χ0n) is 24.1. The first kappa shape index (κ1) is 30.2. The van der Waals surface area contributed by atoms with E-state index in [1.807, 2.05) is 32.9 Å². The monoisotopic (exact) mass is 621 g/mol. The van der Waals surface area contributed by atoms with Crippen molar-refractivity contribution in [2.24, 2.45) is 11.7 Å². The van der Waals surface area contributed by atoms with Crippen LogP contribution in [0.25, 0.3) is 16.0 Å². The highest BCUT2D eigenvalue weighted by Gasteiger charge is 2.27. The molecular formula is C31H32ClN5O5S. The molecule has 0 aliphatic carbocycles. The summed E-state index contributed by atoms with van der Waals surface area (Å²) in [4.78, 5) is 31.0. The number of halogens is 1. The number of likely N-dealkylation sites (tertiary alicyclic amines) is 1. The number of nitrogens with two attached hydrogens (primary N) is 1. The molecule has 1 fully saturated rings. The molecule has 224 valence electrons. The van der Waals surface area contributed by atoms with Crippen LogP contribution in [0.3, 0.4) is 0 Å². The van der Waals surface area contributed by atoms with Crippen molar-refractivity contribution >= 4 is 46.0 Å². The molecule has 2 N–H and O–H groups in total. The maximum absolute atomic E-state index is 12.4. The lowest BCUT2D eigenvalue weighted by Crippen LogP contribution is -2.42. The van der Waals surface area contributed by atoms with Crippen LogP contribution in [0.1, 0.15) is 60.5 Å². The number of nitriles is 1. The first-order valence-electron chi connectivity index (χ1n) is 14.0. The number of hydrogen-bond acceptors (Lipinski definition) is 8. The van der Waals surface area contributed by atoms with Crippen LogP contribution in [0.4, 0.5) is 4.79 Å². The first-order chi connectivity index (χ1) is 20.6. The Balaban J connectivity index is 1.30. The van der Waals surface area contributed by atoms with Crippen LogP contribution in [-0.4, -0.2) is 52.3 Å². The van der Waals surface area contributed by atoms with E-state index in [0.29, 0.717) is 70.7 Å². The average molecular weight is 622 g/mol. The van der Waals surface area contributed by atoms with E-state index in [0.717, 1.165) is 5.52 Å². The second-order valence-corrected chi connectivity index (χ2v) is 12.2. The van der Waals surface area contributed by atoms with Gasteiger partial charge < -0.3 is 24.8 Å². The number of piperidine rings is 1. The van der Waals surface area contributed by atoms with E-state index in [1.54, 1.807) is 46.1 Å². The highest BCUT2D eigenvalue weighted by molar-refractivity contribution is 7.16. The van der Waals surface area contributed by atoms with Crippen molar-refractivity contribution in [3.63, 3.8) is 0 Å². The second-order valence-electron chi connectivity index (χ2n) is 10.8. The largest absolute Gasteiger partial charge is 0.489 e. The fourth-order valence-electron chi connectivity index (χ4n) is 4.84. The lowest BCUT2D eigenvalue weighted by molar-refractivity contribution is 0.0617. The van der Waals surface area contributed by atoms with Crippen LogP contribution in [0.5, 0.6) is 11.5 Å². The van der Waals surface area contributed by atoms with Crippen LogP contribution in [-0.2, 0) is 4.74 Å². The van der Waals surface area contributed by atoms with Gasteiger partial charge in [0.15, 0.2) is 0 Å². The molecule has 4 aromatic rings. The maximum atomic E-state index is 12.4. The number of nitrogens with zero attached hydrogens (tertiary/aromatic N) is 4. The van der Waals surface area contributed by atoms with Crippen LogP contribution < -0.4 is 15.2 Å². The summed E-state index contributed by atoms with van der Waals surface area (Å²) in [5.74, 6) is 0.501. The molecule has 5 rings (SSSR count). The van der Waals surface area contributed by atoms with Crippen LogP contribution in [0.15, 0.2) is 48.8 Å². The predicted octanol–water partition coefficient (Wildman–Crippen LogP) is 6.49. The van der Waals surface area contributed by atoms with E-state index in [4.69, 9.17) is 31.5 Å². The van der Waals surface area contributed by atoms with E-state index in [2.05, 4.69) is 11.1 Å². The molecule has 1 aliphatic rings. The number of primary amides is 1. The second kappa shape index (κ2) is 12.9. The number of carbonyl (C=O) groups is 2. The summed E-state index contributed by atoms with van der Waals surface area (Å²) in [6.07, 6.45) is 2.00. The number of aromatic nitrogens is 2. The van der Waals surface area contributed by atoms with Crippen LogP contribution in [0, 0.1) is 17.2 Å². The van der Waals surface area contributed by atoms with E-state index in [9.17, 15) is 14.9 Å². The molecule has 0 saturated carbocycles. The number of hydrogen-bond donors (Lipinski definition) is 1. The van der Waals surface area contributed by atoms with Gasteiger partial charge in [-0.2, -0.15) is 5.26 Å². The summed E-state index contributed by atoms with van der Waals surface area (Å²) < 4.78 is 19.7. The van der Waals surface area contributed by atoms with Gasteiger partial charge in [-0.3, -0.25) is 9.36 Å². The van der Waals surface area contributed by atoms with Gasteiger partial charge in [-0.05, 0) is 37.1 Å². The van der Waals surface area contributed by atoms with Gasteiger partial charge in [0.25, 0.3) is 5.91 Å². The minimum Gasteiger partial charge on any atom is -0.489 e. The van der Waals surface area contributed by atoms with Crippen LogP contribution >= 0.6 is 22.9 Å². The van der Waals surface area contributed by atoms with Crippen molar-refractivity contribution in [2.75, 3.05) is 19.7 Å². The first-order valence-corrected chi connectivity index (χ1v) is 15.2. The number of rotatable bonds is 9. The highest BCUT2D eigenvalue weighted by Crippen LogP contribution is 2.39. The van der Waals surface area contributed by atoms with E-state index >= 15 is 0 Å². The molecule has 0 unspecified atom stereocenters. The zero-order valence-corrected chi connectivity index (χ0v) is 25.7. The molecule has 43 heavy (non-hydrogen) atoms. The Morgan fingerprint density at radius 1 is 1.16 bits per heavy atom. The van der Waals surface area contributed by atoms with Crippen LogP contribution in [0.2, 0.25) is 5.02 Å². The summed E-state index contributed by atoms with van der Waals surface area (Å²) in [6.45, 7) is 7.31. The molecule has 2 aromatic carbocycles. The highest BCUT2D eigenvalue weighted by atomic mass is 35.5. The van der Waals surface area contributed by atoms with E-state index in [-0.39, 0.29) is 23.0 Å². The number of carbonyl (C=O) groups excluding carboxylic acids is 2. The van der Waals surface area contributed by atoms with E-state index < -0.39 is 12.0 Å². The number of amides is 2. The Kier molecular flexibility index (Phi) is 9.08. The van der Waals surface area contributed by atoms with Gasteiger partial charge in [-0.15, -0.1) is 11.3 Å². The molecule has 1 aliphatic heterocycles. The van der Waals surface area contributed by atoms with Crippen molar-refractivity contribution in [2.45, 2.75) is 45.8 Å². The number of benzene rings is 2. The summed E-state index contributed by atoms with van der Waals surface area (Å²) in [6, 6.07) is 14.6. The summed E-state index contributed by atoms with van der Waals surface area (Å²) in [5, 5.41) is 10.4. The molecule has 10 nitrogen and oxygen atoms in total. The topological polar surface area (TPSA) is 133 Å². The van der Waals surface area contributed by atoms with Gasteiger partial charge in [0, 0.05) is 37.6 Å². The number of imidazole rings is 1. The predicted molar refractivity (Wildman–Crippen MR) is 164 cm³/mol. The minimum atomic E-state index is -0.622. The summed E-state index contributed by atoms with van der Waals surface area (Å²) in [7, 11) is 0. The minimum absolute atomic E-state index is 0.106. The average Bonchev–Trinajstić information content (AvgIpc) is 3.61. The van der Waals surface area contributed by atoms with Crippen molar-refractivity contribution in [1.82, 2.24) is 14.5 Å². The Morgan fingerprint density at radius 3 is 2.63 bits per heavy atom. The van der Waals surface area contributed by atoms with Crippen molar-refractivity contribution in [1.29, 1.82) is 5.26 Å². The Bertz CT molecular complexity index is 1690. The third-order valence-corrected chi connectivity index (χ3v) is 8.63. The normalized spacial score (nSPS) is 14.5. The number of thiophene rings is 1. The van der Waals surface area contributed by atoms with Gasteiger partial charge in [0.2, 0.25) is 0 Å². The molecule has 2 aromatic heterocycles. The SMILES string of the molecule is CC(C)COC(=O)N1CCC(Oc2cccc([C@@H](C)Oc3cc(-n4cnc5ccc(C#N)cc54)sc3C(N)=O)c2Cl)CC1. The van der Waals surface area contributed by atoms with Gasteiger partial charge >= 0.3 is 6.09 Å². The molecule has 1 atom stereocenters. The number of ether oxygens (including phenoxy) is 3. The molecule has 0 bridgehead atoms. The molecule has 2 amide bonds. The number of fused-ring (bicyclic) bond motifs is 1. The zero-order chi connectivity index (χ0) is 30.7. The molecule has 3 heterocycles. The third kappa shape index (κ3) is 6.71. The van der Waals surface area contributed by atoms with Gasteiger partial charge in [-0.25, -0.2) is 9.78 Å².